The molecule has 0 heterocycles. The third-order valence-corrected chi connectivity index (χ3v) is 3.25. The molecule has 2 atom stereocenters. The number of halogens is 12. The molecule has 0 saturated heterocycles. The minimum atomic E-state index is -6.71. The van der Waals surface area contributed by atoms with Crippen LogP contribution in [0.4, 0.5) is 52.7 Å². The fourth-order valence-electron chi connectivity index (χ4n) is 1.60. The minimum absolute atomic E-state index is 1.09. The molecule has 0 spiro atoms. The Labute approximate surface area is 157 Å². The highest BCUT2D eigenvalue weighted by Crippen LogP contribution is 2.47. The van der Waals surface area contributed by atoms with E-state index in [0.717, 1.165) is 0 Å². The zero-order valence-electron chi connectivity index (χ0n) is 13.8. The van der Waals surface area contributed by atoms with Gasteiger partial charge in [-0.05, 0) is 12.8 Å². The van der Waals surface area contributed by atoms with E-state index < -0.39 is 73.9 Å². The van der Waals surface area contributed by atoms with Crippen molar-refractivity contribution < 1.29 is 82.0 Å². The Morgan fingerprint density at radius 1 is 0.567 bits per heavy atom. The first-order valence-corrected chi connectivity index (χ1v) is 7.07. The molecule has 0 amide bonds. The highest BCUT2D eigenvalue weighted by molar-refractivity contribution is 5.78. The second-order valence-corrected chi connectivity index (χ2v) is 5.32. The smallest absolute Gasteiger partial charge is 0.436 e. The molecular weight excluding hydrogens is 468 g/mol. The molecule has 0 N–H and O–H groups in total. The molecule has 0 bridgehead atoms. The summed E-state index contributed by atoms with van der Waals surface area (Å²) in [5.74, 6) is -7.84. The topological polar surface area (TPSA) is 98.7 Å². The van der Waals surface area contributed by atoms with Gasteiger partial charge in [-0.15, -0.1) is 0 Å². The van der Waals surface area contributed by atoms with E-state index in [2.05, 4.69) is 9.47 Å². The van der Waals surface area contributed by atoms with Gasteiger partial charge in [0.15, 0.2) is 0 Å². The van der Waals surface area contributed by atoms with Gasteiger partial charge in [-0.2, -0.15) is 43.9 Å². The zero-order valence-corrected chi connectivity index (χ0v) is 13.8. The summed E-state index contributed by atoms with van der Waals surface area (Å²) in [6, 6.07) is 0. The van der Waals surface area contributed by atoms with Crippen LogP contribution in [-0.2, 0) is 19.1 Å². The van der Waals surface area contributed by atoms with Gasteiger partial charge in [0, 0.05) is 0 Å². The van der Waals surface area contributed by atoms with Crippen molar-refractivity contribution in [1.29, 1.82) is 0 Å². The lowest BCUT2D eigenvalue weighted by Gasteiger charge is -2.35. The van der Waals surface area contributed by atoms with E-state index in [1.807, 2.05) is 0 Å². The van der Waals surface area contributed by atoms with Crippen LogP contribution in [0.1, 0.15) is 12.8 Å². The van der Waals surface area contributed by atoms with E-state index in [4.69, 9.17) is 0 Å². The van der Waals surface area contributed by atoms with Crippen LogP contribution in [-0.4, -0.2) is 61.1 Å². The molecule has 178 valence electrons. The van der Waals surface area contributed by atoms with Crippen molar-refractivity contribution >= 4 is 11.9 Å². The summed E-state index contributed by atoms with van der Waals surface area (Å²) < 4.78 is 159. The number of carboxylic acids is 2. The number of alkyl halides is 12. The van der Waals surface area contributed by atoms with Crippen molar-refractivity contribution in [2.45, 2.75) is 48.7 Å². The van der Waals surface area contributed by atoms with Gasteiger partial charge in [-0.25, -0.2) is 8.78 Å². The molecule has 0 fully saturated rings. The Kier molecular flexibility index (Phi) is 8.07. The van der Waals surface area contributed by atoms with Crippen molar-refractivity contribution in [3.63, 3.8) is 0 Å². The lowest BCUT2D eigenvalue weighted by Crippen LogP contribution is -2.66. The fraction of sp³-hybridized carbons (Fsp3) is 0.833. The number of aliphatic carboxylic acids is 2. The van der Waals surface area contributed by atoms with E-state index in [9.17, 15) is 72.5 Å². The largest absolute Gasteiger partial charge is 0.546 e. The highest BCUT2D eigenvalue weighted by Gasteiger charge is 2.75. The van der Waals surface area contributed by atoms with Gasteiger partial charge in [-0.3, -0.25) is 0 Å². The number of carbonyl (C=O) groups is 2. The van der Waals surface area contributed by atoms with Crippen LogP contribution in [0.3, 0.4) is 0 Å². The van der Waals surface area contributed by atoms with E-state index in [0.29, 0.717) is 0 Å². The molecule has 0 rings (SSSR count). The van der Waals surface area contributed by atoms with Gasteiger partial charge in [0.25, 0.3) is 0 Å². The molecule has 0 radical (unpaired) electrons. The predicted molar refractivity (Wildman–Crippen MR) is 60.8 cm³/mol. The first kappa shape index (κ1) is 28.0. The molecule has 0 aliphatic carbocycles. The second kappa shape index (κ2) is 8.64. The van der Waals surface area contributed by atoms with Crippen molar-refractivity contribution in [2.24, 2.45) is 0 Å². The normalized spacial score (nSPS) is 17.9. The van der Waals surface area contributed by atoms with Gasteiger partial charge in [0.05, 0.1) is 25.2 Å². The maximum absolute atomic E-state index is 13.3. The maximum atomic E-state index is 13.3. The molecule has 2 unspecified atom stereocenters. The average molecular weight is 476 g/mol. The lowest BCUT2D eigenvalue weighted by atomic mass is 10.0. The maximum Gasteiger partial charge on any atom is 0.436 e. The second-order valence-electron chi connectivity index (χ2n) is 5.32. The van der Waals surface area contributed by atoms with Crippen LogP contribution in [0.2, 0.25) is 0 Å². The van der Waals surface area contributed by atoms with E-state index in [-0.39, 0.29) is 0 Å². The molecule has 18 heteroatoms. The number of unbranched alkanes of at least 4 members (excludes halogenated alkanes) is 1. The highest BCUT2D eigenvalue weighted by atomic mass is 19.4. The van der Waals surface area contributed by atoms with Crippen LogP contribution in [0, 0.1) is 0 Å². The Morgan fingerprint density at radius 3 is 0.967 bits per heavy atom. The summed E-state index contributed by atoms with van der Waals surface area (Å²) in [6.07, 6.45) is -27.8. The van der Waals surface area contributed by atoms with Crippen LogP contribution >= 0.6 is 0 Å². The molecule has 0 aromatic rings. The van der Waals surface area contributed by atoms with Gasteiger partial charge in [-0.1, -0.05) is 0 Å². The summed E-state index contributed by atoms with van der Waals surface area (Å²) in [5, 5.41) is 20.3. The summed E-state index contributed by atoms with van der Waals surface area (Å²) in [4.78, 5) is 20.3. The molecule has 0 aromatic heterocycles. The Balaban J connectivity index is 4.93. The Hall–Kier alpha value is -1.98. The molecule has 0 aliphatic rings. The standard InChI is InChI=1S/C12H10F12O6/c13-7(5(25)26,9(15,16)17)11(21,22)29-3-1-2-4-30-12(23,24)8(14,6(27)28)10(18,19)20/h1-4H2,(H,25,26)(H,27,28)/p-2. The monoisotopic (exact) mass is 476 g/mol. The number of ether oxygens (including phenoxy) is 2. The molecule has 30 heavy (non-hydrogen) atoms. The van der Waals surface area contributed by atoms with Crippen LogP contribution in [0.15, 0.2) is 0 Å². The van der Waals surface area contributed by atoms with Gasteiger partial charge in [0.2, 0.25) is 0 Å². The lowest BCUT2D eigenvalue weighted by molar-refractivity contribution is -0.412. The molecule has 0 aromatic carbocycles. The summed E-state index contributed by atoms with van der Waals surface area (Å²) in [6.45, 7) is -3.37. The van der Waals surface area contributed by atoms with Crippen LogP contribution in [0.25, 0.3) is 0 Å². The number of hydrogen-bond acceptors (Lipinski definition) is 6. The van der Waals surface area contributed by atoms with E-state index in [1.165, 1.54) is 0 Å². The number of carbonyl (C=O) groups excluding carboxylic acids is 2. The van der Waals surface area contributed by atoms with Gasteiger partial charge in [0.1, 0.15) is 0 Å². The average Bonchev–Trinajstić information content (AvgIpc) is 2.53. The Bertz CT molecular complexity index is 578. The Morgan fingerprint density at radius 2 is 0.800 bits per heavy atom. The van der Waals surface area contributed by atoms with Gasteiger partial charge < -0.3 is 29.3 Å². The summed E-state index contributed by atoms with van der Waals surface area (Å²) >= 11 is 0. The van der Waals surface area contributed by atoms with E-state index in [1.54, 1.807) is 0 Å². The van der Waals surface area contributed by atoms with Crippen molar-refractivity contribution in [1.82, 2.24) is 0 Å². The molecular formula is C12H8F12O6-2. The van der Waals surface area contributed by atoms with Crippen molar-refractivity contribution in [3.05, 3.63) is 0 Å². The molecule has 0 aliphatic heterocycles. The third kappa shape index (κ3) is 5.01. The first-order valence-electron chi connectivity index (χ1n) is 7.07. The zero-order chi connectivity index (χ0) is 24.4. The number of rotatable bonds is 11. The fourth-order valence-corrected chi connectivity index (χ4v) is 1.60. The summed E-state index contributed by atoms with van der Waals surface area (Å²) in [5.41, 5.74) is -12.6. The predicted octanol–water partition coefficient (Wildman–Crippen LogP) is 1.03. The van der Waals surface area contributed by atoms with Crippen molar-refractivity contribution in [3.8, 4) is 0 Å². The van der Waals surface area contributed by atoms with Crippen LogP contribution in [0.5, 0.6) is 0 Å². The molecule has 6 nitrogen and oxygen atoms in total. The quantitative estimate of drug-likeness (QED) is 0.327. The SMILES string of the molecule is O=C([O-])C(F)(C(F)(F)F)C(F)(F)OCCCCOC(F)(F)C(F)(C(=O)[O-])C(F)(F)F. The third-order valence-electron chi connectivity index (χ3n) is 3.25. The first-order chi connectivity index (χ1) is 13.1. The number of hydrogen-bond donors (Lipinski definition) is 0. The van der Waals surface area contributed by atoms with Crippen LogP contribution < -0.4 is 10.2 Å². The van der Waals surface area contributed by atoms with Crippen molar-refractivity contribution in [2.75, 3.05) is 13.2 Å². The molecule has 0 saturated carbocycles. The number of carboxylic acid groups (broad SMARTS) is 2. The van der Waals surface area contributed by atoms with E-state index >= 15 is 0 Å². The summed E-state index contributed by atoms with van der Waals surface area (Å²) in [7, 11) is 0. The minimum Gasteiger partial charge on any atom is -0.546 e. The van der Waals surface area contributed by atoms with Gasteiger partial charge >= 0.3 is 35.9 Å².